The fraction of sp³-hybridized carbons (Fsp3) is 0.368. The number of aryl methyl sites for hydroxylation is 1. The van der Waals surface area contributed by atoms with Gasteiger partial charge in [0.25, 0.3) is 0 Å². The molecule has 1 unspecified atom stereocenters. The predicted molar refractivity (Wildman–Crippen MR) is 166 cm³/mol. The summed E-state index contributed by atoms with van der Waals surface area (Å²) in [7, 11) is 0. The Kier molecular flexibility index (Phi) is 9.64. The van der Waals surface area contributed by atoms with E-state index in [4.69, 9.17) is 0 Å². The standard InChI is InChI=1S/C38H41F3/c1-3-5-6-7-8-32-21-24-35(38(41)37(32)40)31-19-15-29(16-20-31)33-22-23-34(36(39)25-33)30-17-13-28(14-18-30)27-11-9-26(4-2)10-12-27/h4-6,15-17,19-28H,2-3,7-14,18H2,1H3/b6-5+. The zero-order chi connectivity index (χ0) is 28.8. The highest BCUT2D eigenvalue weighted by molar-refractivity contribution is 5.74. The first-order valence-electron chi connectivity index (χ1n) is 15.3. The van der Waals surface area contributed by atoms with Crippen LogP contribution in [0.5, 0.6) is 0 Å². The van der Waals surface area contributed by atoms with Crippen LogP contribution in [0, 0.1) is 35.2 Å². The summed E-state index contributed by atoms with van der Waals surface area (Å²) >= 11 is 0. The lowest BCUT2D eigenvalue weighted by atomic mass is 9.71. The number of hydrogen-bond donors (Lipinski definition) is 0. The van der Waals surface area contributed by atoms with Crippen LogP contribution in [-0.4, -0.2) is 0 Å². The smallest absolute Gasteiger partial charge is 0.166 e. The van der Waals surface area contributed by atoms with Crippen molar-refractivity contribution in [3.05, 3.63) is 114 Å². The van der Waals surface area contributed by atoms with E-state index in [9.17, 15) is 8.78 Å². The van der Waals surface area contributed by atoms with E-state index < -0.39 is 11.6 Å². The summed E-state index contributed by atoms with van der Waals surface area (Å²) in [4.78, 5) is 0. The molecule has 0 amide bonds. The van der Waals surface area contributed by atoms with Crippen molar-refractivity contribution >= 4 is 5.57 Å². The molecule has 0 radical (unpaired) electrons. The molecule has 2 aliphatic carbocycles. The molecule has 0 bridgehead atoms. The summed E-state index contributed by atoms with van der Waals surface area (Å²) < 4.78 is 45.0. The molecule has 0 saturated heterocycles. The van der Waals surface area contributed by atoms with E-state index in [1.54, 1.807) is 30.3 Å². The fourth-order valence-corrected chi connectivity index (χ4v) is 6.71. The van der Waals surface area contributed by atoms with Crippen LogP contribution in [0.1, 0.15) is 75.8 Å². The molecule has 5 rings (SSSR count). The van der Waals surface area contributed by atoms with E-state index in [1.165, 1.54) is 25.7 Å². The van der Waals surface area contributed by atoms with Crippen molar-refractivity contribution in [1.82, 2.24) is 0 Å². The average molecular weight is 555 g/mol. The van der Waals surface area contributed by atoms with E-state index in [0.29, 0.717) is 41.4 Å². The minimum Gasteiger partial charge on any atom is -0.206 e. The minimum atomic E-state index is -0.822. The topological polar surface area (TPSA) is 0 Å². The Morgan fingerprint density at radius 1 is 0.756 bits per heavy atom. The van der Waals surface area contributed by atoms with Gasteiger partial charge < -0.3 is 0 Å². The SMILES string of the molecule is C=CC1CCC(C2CC=C(c3ccc(-c4ccc(-c5ccc(CC/C=C/CC)c(F)c5F)cc4)cc3F)CC2)CC1. The largest absolute Gasteiger partial charge is 0.206 e. The van der Waals surface area contributed by atoms with Gasteiger partial charge in [-0.2, -0.15) is 0 Å². The molecule has 0 heterocycles. The van der Waals surface area contributed by atoms with Gasteiger partial charge in [-0.15, -0.1) is 6.58 Å². The third-order valence-corrected chi connectivity index (χ3v) is 9.26. The summed E-state index contributed by atoms with van der Waals surface area (Å²) in [6, 6.07) is 16.0. The maximum Gasteiger partial charge on any atom is 0.166 e. The molecule has 41 heavy (non-hydrogen) atoms. The van der Waals surface area contributed by atoms with Crippen LogP contribution in [0.15, 0.2) is 85.5 Å². The Morgan fingerprint density at radius 2 is 1.46 bits per heavy atom. The maximum atomic E-state index is 15.3. The minimum absolute atomic E-state index is 0.208. The van der Waals surface area contributed by atoms with Gasteiger partial charge >= 0.3 is 0 Å². The Hall–Kier alpha value is -3.33. The second kappa shape index (κ2) is 13.6. The van der Waals surface area contributed by atoms with Crippen LogP contribution in [0.25, 0.3) is 27.8 Å². The fourth-order valence-electron chi connectivity index (χ4n) is 6.71. The van der Waals surface area contributed by atoms with Crippen molar-refractivity contribution in [3.63, 3.8) is 0 Å². The van der Waals surface area contributed by atoms with Crippen LogP contribution in [0.3, 0.4) is 0 Å². The summed E-state index contributed by atoms with van der Waals surface area (Å²) in [5.74, 6) is 0.372. The summed E-state index contributed by atoms with van der Waals surface area (Å²) in [5, 5.41) is 0. The lowest BCUT2D eigenvalue weighted by molar-refractivity contribution is 0.212. The number of rotatable bonds is 9. The van der Waals surface area contributed by atoms with E-state index in [0.717, 1.165) is 48.3 Å². The van der Waals surface area contributed by atoms with Gasteiger partial charge in [-0.3, -0.25) is 0 Å². The van der Waals surface area contributed by atoms with Crippen molar-refractivity contribution in [2.75, 3.05) is 0 Å². The van der Waals surface area contributed by atoms with Gasteiger partial charge in [-0.25, -0.2) is 13.2 Å². The van der Waals surface area contributed by atoms with Crippen molar-refractivity contribution in [3.8, 4) is 22.3 Å². The highest BCUT2D eigenvalue weighted by Crippen LogP contribution is 2.42. The van der Waals surface area contributed by atoms with Gasteiger partial charge in [0.1, 0.15) is 5.82 Å². The molecule has 0 nitrogen and oxygen atoms in total. The Bertz CT molecular complexity index is 1400. The molecular formula is C38H41F3. The molecule has 3 aromatic rings. The van der Waals surface area contributed by atoms with E-state index in [2.05, 4.69) is 18.7 Å². The highest BCUT2D eigenvalue weighted by atomic mass is 19.2. The Morgan fingerprint density at radius 3 is 2.12 bits per heavy atom. The molecule has 0 aliphatic heterocycles. The van der Waals surface area contributed by atoms with Crippen molar-refractivity contribution in [1.29, 1.82) is 0 Å². The van der Waals surface area contributed by atoms with E-state index in [1.807, 2.05) is 43.3 Å². The summed E-state index contributed by atoms with van der Waals surface area (Å²) in [6.07, 6.45) is 18.7. The van der Waals surface area contributed by atoms with Crippen LogP contribution in [-0.2, 0) is 6.42 Å². The molecule has 1 atom stereocenters. The quantitative estimate of drug-likeness (QED) is 0.231. The zero-order valence-electron chi connectivity index (χ0n) is 24.1. The molecule has 1 saturated carbocycles. The van der Waals surface area contributed by atoms with Crippen molar-refractivity contribution in [2.24, 2.45) is 17.8 Å². The maximum absolute atomic E-state index is 15.3. The van der Waals surface area contributed by atoms with Gasteiger partial charge in [0, 0.05) is 11.1 Å². The zero-order valence-corrected chi connectivity index (χ0v) is 24.1. The molecule has 0 aromatic heterocycles. The molecular weight excluding hydrogens is 513 g/mol. The van der Waals surface area contributed by atoms with Crippen LogP contribution >= 0.6 is 0 Å². The molecule has 2 aliphatic rings. The first-order valence-corrected chi connectivity index (χ1v) is 15.3. The van der Waals surface area contributed by atoms with Crippen LogP contribution in [0.2, 0.25) is 0 Å². The van der Waals surface area contributed by atoms with Crippen LogP contribution < -0.4 is 0 Å². The molecule has 3 aromatic carbocycles. The second-order valence-corrected chi connectivity index (χ2v) is 11.8. The van der Waals surface area contributed by atoms with Crippen molar-refractivity contribution in [2.45, 2.75) is 71.1 Å². The van der Waals surface area contributed by atoms with Gasteiger partial charge in [0.15, 0.2) is 11.6 Å². The molecule has 0 spiro atoms. The molecule has 214 valence electrons. The van der Waals surface area contributed by atoms with E-state index >= 15 is 4.39 Å². The second-order valence-electron chi connectivity index (χ2n) is 11.8. The lowest BCUT2D eigenvalue weighted by Gasteiger charge is -2.34. The first-order chi connectivity index (χ1) is 20.0. The predicted octanol–water partition coefficient (Wildman–Crippen LogP) is 11.5. The molecule has 3 heteroatoms. The van der Waals surface area contributed by atoms with Gasteiger partial charge in [0.05, 0.1) is 0 Å². The number of benzene rings is 3. The first kappa shape index (κ1) is 29.2. The third kappa shape index (κ3) is 6.77. The summed E-state index contributed by atoms with van der Waals surface area (Å²) in [5.41, 5.74) is 4.64. The number of hydrogen-bond acceptors (Lipinski definition) is 0. The molecule has 0 N–H and O–H groups in total. The Balaban J connectivity index is 1.25. The highest BCUT2D eigenvalue weighted by Gasteiger charge is 2.28. The number of allylic oxidation sites excluding steroid dienone is 5. The molecule has 1 fully saturated rings. The average Bonchev–Trinajstić information content (AvgIpc) is 3.01. The van der Waals surface area contributed by atoms with Crippen molar-refractivity contribution < 1.29 is 13.2 Å². The van der Waals surface area contributed by atoms with Gasteiger partial charge in [0.2, 0.25) is 0 Å². The third-order valence-electron chi connectivity index (χ3n) is 9.26. The normalized spacial score (nSPS) is 21.2. The number of halogens is 3. The van der Waals surface area contributed by atoms with E-state index in [-0.39, 0.29) is 11.4 Å². The van der Waals surface area contributed by atoms with Gasteiger partial charge in [-0.1, -0.05) is 79.8 Å². The lowest BCUT2D eigenvalue weighted by Crippen LogP contribution is -2.22. The summed E-state index contributed by atoms with van der Waals surface area (Å²) in [6.45, 7) is 6.01. The van der Waals surface area contributed by atoms with Gasteiger partial charge in [-0.05, 0) is 116 Å². The van der Waals surface area contributed by atoms with Crippen LogP contribution in [0.4, 0.5) is 13.2 Å². The monoisotopic (exact) mass is 554 g/mol. The Labute approximate surface area is 243 Å².